The van der Waals surface area contributed by atoms with Gasteiger partial charge in [-0.3, -0.25) is 9.69 Å². The molecule has 0 saturated carbocycles. The van der Waals surface area contributed by atoms with Crippen molar-refractivity contribution < 1.29 is 13.2 Å². The van der Waals surface area contributed by atoms with Crippen molar-refractivity contribution in [2.24, 2.45) is 5.41 Å². The number of Topliss-reactive ketones (excluding diaryl/α,β-unsaturated/α-hetero) is 1. The van der Waals surface area contributed by atoms with Crippen LogP contribution in [-0.4, -0.2) is 56.1 Å². The Morgan fingerprint density at radius 1 is 1.12 bits per heavy atom. The molecule has 1 aromatic carbocycles. The van der Waals surface area contributed by atoms with Crippen LogP contribution in [0.3, 0.4) is 0 Å². The predicted octanol–water partition coefficient (Wildman–Crippen LogP) is 2.91. The zero-order valence-corrected chi connectivity index (χ0v) is 16.4. The molecular weight excluding hydrogens is 371 g/mol. The van der Waals surface area contributed by atoms with Crippen molar-refractivity contribution in [3.05, 3.63) is 28.2 Å². The quantitative estimate of drug-likeness (QED) is 0.790. The zero-order valence-electron chi connectivity index (χ0n) is 14.1. The summed E-state index contributed by atoms with van der Waals surface area (Å²) >= 11 is 11.9. The third-order valence-corrected chi connectivity index (χ3v) is 6.66. The first kappa shape index (κ1) is 19.7. The maximum absolute atomic E-state index is 12.7. The molecule has 134 valence electrons. The van der Waals surface area contributed by atoms with E-state index in [1.165, 1.54) is 16.4 Å². The minimum Gasteiger partial charge on any atom is -0.298 e. The van der Waals surface area contributed by atoms with Gasteiger partial charge in [0.25, 0.3) is 0 Å². The number of rotatable bonds is 4. The van der Waals surface area contributed by atoms with Gasteiger partial charge in [0.05, 0.1) is 11.6 Å². The lowest BCUT2D eigenvalue weighted by Gasteiger charge is -2.34. The summed E-state index contributed by atoms with van der Waals surface area (Å²) in [6.07, 6.45) is 0. The Balaban J connectivity index is 2.06. The van der Waals surface area contributed by atoms with Gasteiger partial charge in [-0.25, -0.2) is 8.42 Å². The topological polar surface area (TPSA) is 57.7 Å². The van der Waals surface area contributed by atoms with Crippen LogP contribution in [-0.2, 0) is 14.8 Å². The monoisotopic (exact) mass is 392 g/mol. The van der Waals surface area contributed by atoms with Gasteiger partial charge in [0, 0.05) is 36.6 Å². The Hall–Kier alpha value is -0.660. The molecule has 0 atom stereocenters. The van der Waals surface area contributed by atoms with Gasteiger partial charge < -0.3 is 0 Å². The summed E-state index contributed by atoms with van der Waals surface area (Å²) in [5.74, 6) is 0.150. The highest BCUT2D eigenvalue weighted by molar-refractivity contribution is 7.89. The average molecular weight is 393 g/mol. The van der Waals surface area contributed by atoms with Gasteiger partial charge in [0.2, 0.25) is 10.0 Å². The van der Waals surface area contributed by atoms with Gasteiger partial charge in [0.15, 0.2) is 5.78 Å². The van der Waals surface area contributed by atoms with Crippen LogP contribution >= 0.6 is 23.2 Å². The number of ketones is 1. The molecule has 0 spiro atoms. The van der Waals surface area contributed by atoms with Crippen molar-refractivity contribution >= 4 is 39.0 Å². The molecule has 0 bridgehead atoms. The van der Waals surface area contributed by atoms with Crippen LogP contribution in [0.2, 0.25) is 10.0 Å². The molecule has 1 heterocycles. The van der Waals surface area contributed by atoms with Crippen LogP contribution in [0.4, 0.5) is 0 Å². The lowest BCUT2D eigenvalue weighted by molar-refractivity contribution is -0.127. The molecule has 1 aliphatic rings. The van der Waals surface area contributed by atoms with Gasteiger partial charge in [0.1, 0.15) is 4.90 Å². The Morgan fingerprint density at radius 3 is 2.25 bits per heavy atom. The maximum atomic E-state index is 12.7. The summed E-state index contributed by atoms with van der Waals surface area (Å²) in [4.78, 5) is 14.1. The molecule has 2 rings (SSSR count). The SMILES string of the molecule is CC(C)(C)C(=O)CN1CCN(S(=O)(=O)c2cc(Cl)ccc2Cl)CC1. The lowest BCUT2D eigenvalue weighted by atomic mass is 9.90. The fourth-order valence-corrected chi connectivity index (χ4v) is 4.54. The van der Waals surface area contributed by atoms with Gasteiger partial charge in [-0.15, -0.1) is 0 Å². The van der Waals surface area contributed by atoms with Crippen molar-refractivity contribution in [2.75, 3.05) is 32.7 Å². The summed E-state index contributed by atoms with van der Waals surface area (Å²) in [5, 5.41) is 0.483. The van der Waals surface area contributed by atoms with Crippen LogP contribution in [0.25, 0.3) is 0 Å². The smallest absolute Gasteiger partial charge is 0.244 e. The van der Waals surface area contributed by atoms with Crippen molar-refractivity contribution in [3.63, 3.8) is 0 Å². The third-order valence-electron chi connectivity index (χ3n) is 4.05. The number of hydrogen-bond donors (Lipinski definition) is 0. The third kappa shape index (κ3) is 4.49. The van der Waals surface area contributed by atoms with E-state index in [9.17, 15) is 13.2 Å². The molecule has 1 saturated heterocycles. The highest BCUT2D eigenvalue weighted by Gasteiger charge is 2.32. The van der Waals surface area contributed by atoms with Gasteiger partial charge in [-0.05, 0) is 18.2 Å². The molecule has 24 heavy (non-hydrogen) atoms. The highest BCUT2D eigenvalue weighted by atomic mass is 35.5. The van der Waals surface area contributed by atoms with Crippen molar-refractivity contribution in [1.29, 1.82) is 0 Å². The molecule has 0 N–H and O–H groups in total. The number of piperazine rings is 1. The first-order chi connectivity index (χ1) is 11.0. The fourth-order valence-electron chi connectivity index (χ4n) is 2.38. The number of benzene rings is 1. The van der Waals surface area contributed by atoms with Gasteiger partial charge in [-0.1, -0.05) is 44.0 Å². The maximum Gasteiger partial charge on any atom is 0.244 e. The van der Waals surface area contributed by atoms with E-state index in [0.717, 1.165) is 0 Å². The minimum atomic E-state index is -3.69. The zero-order chi connectivity index (χ0) is 18.1. The molecule has 0 aliphatic carbocycles. The van der Waals surface area contributed by atoms with E-state index in [4.69, 9.17) is 23.2 Å². The average Bonchev–Trinajstić information content (AvgIpc) is 2.49. The molecule has 8 heteroatoms. The van der Waals surface area contributed by atoms with E-state index in [2.05, 4.69) is 0 Å². The van der Waals surface area contributed by atoms with Crippen LogP contribution in [0.5, 0.6) is 0 Å². The number of carbonyl (C=O) groups is 1. The van der Waals surface area contributed by atoms with E-state index in [1.54, 1.807) is 6.07 Å². The van der Waals surface area contributed by atoms with Crippen LogP contribution in [0.1, 0.15) is 20.8 Å². The summed E-state index contributed by atoms with van der Waals surface area (Å²) in [6.45, 7) is 7.67. The van der Waals surface area contributed by atoms with Crippen LogP contribution in [0, 0.1) is 5.41 Å². The van der Waals surface area contributed by atoms with Crippen LogP contribution in [0.15, 0.2) is 23.1 Å². The second-order valence-electron chi connectivity index (χ2n) is 6.93. The highest BCUT2D eigenvalue weighted by Crippen LogP contribution is 2.28. The Kier molecular flexibility index (Phi) is 5.98. The van der Waals surface area contributed by atoms with Crippen molar-refractivity contribution in [1.82, 2.24) is 9.21 Å². The van der Waals surface area contributed by atoms with E-state index in [0.29, 0.717) is 37.7 Å². The second kappa shape index (κ2) is 7.30. The molecule has 0 aromatic heterocycles. The van der Waals surface area contributed by atoms with Crippen molar-refractivity contribution in [2.45, 2.75) is 25.7 Å². The summed E-state index contributed by atoms with van der Waals surface area (Å²) in [5.41, 5.74) is -0.391. The number of carbonyl (C=O) groups excluding carboxylic acids is 1. The van der Waals surface area contributed by atoms with Gasteiger partial charge in [-0.2, -0.15) is 4.31 Å². The Morgan fingerprint density at radius 2 is 1.71 bits per heavy atom. The second-order valence-corrected chi connectivity index (χ2v) is 9.68. The molecular formula is C16H22Cl2N2O3S. The number of nitrogens with zero attached hydrogens (tertiary/aromatic N) is 2. The van der Waals surface area contributed by atoms with E-state index in [-0.39, 0.29) is 15.7 Å². The molecule has 0 amide bonds. The van der Waals surface area contributed by atoms with Crippen LogP contribution < -0.4 is 0 Å². The van der Waals surface area contributed by atoms with E-state index >= 15 is 0 Å². The standard InChI is InChI=1S/C16H22Cl2N2O3S/c1-16(2,3)15(21)11-19-6-8-20(9-7-19)24(22,23)14-10-12(17)4-5-13(14)18/h4-5,10H,6-9,11H2,1-3H3. The van der Waals surface area contributed by atoms with E-state index < -0.39 is 15.4 Å². The largest absolute Gasteiger partial charge is 0.298 e. The lowest BCUT2D eigenvalue weighted by Crippen LogP contribution is -2.50. The molecule has 0 radical (unpaired) electrons. The molecule has 0 unspecified atom stereocenters. The van der Waals surface area contributed by atoms with E-state index in [1.807, 2.05) is 25.7 Å². The molecule has 1 aromatic rings. The Bertz CT molecular complexity index is 721. The van der Waals surface area contributed by atoms with Gasteiger partial charge >= 0.3 is 0 Å². The summed E-state index contributed by atoms with van der Waals surface area (Å²) < 4.78 is 26.9. The first-order valence-corrected chi connectivity index (χ1v) is 9.92. The normalized spacial score (nSPS) is 17.9. The number of sulfonamides is 1. The van der Waals surface area contributed by atoms with Crippen molar-refractivity contribution in [3.8, 4) is 0 Å². The summed E-state index contributed by atoms with van der Waals surface area (Å²) in [7, 11) is -3.69. The minimum absolute atomic E-state index is 0.0240. The molecule has 1 fully saturated rings. The summed E-state index contributed by atoms with van der Waals surface area (Å²) in [6, 6.07) is 4.41. The molecule has 1 aliphatic heterocycles. The first-order valence-electron chi connectivity index (χ1n) is 7.72. The number of hydrogen-bond acceptors (Lipinski definition) is 4. The Labute approximate surface area is 153 Å². The number of halogens is 2. The molecule has 5 nitrogen and oxygen atoms in total. The predicted molar refractivity (Wildman–Crippen MR) is 96.1 cm³/mol. The fraction of sp³-hybridized carbons (Fsp3) is 0.562.